The molecule has 0 fully saturated rings. The van der Waals surface area contributed by atoms with E-state index in [9.17, 15) is 9.90 Å². The molecule has 0 spiro atoms. The van der Waals surface area contributed by atoms with Crippen LogP contribution in [0.15, 0.2) is 40.0 Å². The van der Waals surface area contributed by atoms with E-state index in [4.69, 9.17) is 0 Å². The highest BCUT2D eigenvalue weighted by atomic mass is 32.2. The number of nitrogens with one attached hydrogen (secondary N) is 1. The lowest BCUT2D eigenvalue weighted by molar-refractivity contribution is 0.449. The largest absolute Gasteiger partial charge is 0.493 e. The second kappa shape index (κ2) is 5.05. The number of rotatable bonds is 3. The number of aromatic nitrogens is 2. The Morgan fingerprint density at radius 2 is 2.06 bits per heavy atom. The molecular formula is C12H12N2O2S. The minimum absolute atomic E-state index is 0.242. The van der Waals surface area contributed by atoms with Gasteiger partial charge in [0, 0.05) is 4.90 Å². The predicted octanol–water partition coefficient (Wildman–Crippen LogP) is 2.08. The summed E-state index contributed by atoms with van der Waals surface area (Å²) in [5.41, 5.74) is 0.871. The topological polar surface area (TPSA) is 66.0 Å². The van der Waals surface area contributed by atoms with Crippen molar-refractivity contribution in [3.8, 4) is 5.88 Å². The van der Waals surface area contributed by atoms with E-state index in [1.54, 1.807) is 11.8 Å². The quantitative estimate of drug-likeness (QED) is 0.816. The molecule has 2 rings (SSSR count). The molecule has 2 N–H and O–H groups in total. The van der Waals surface area contributed by atoms with Crippen LogP contribution in [0.5, 0.6) is 5.88 Å². The summed E-state index contributed by atoms with van der Waals surface area (Å²) in [6, 6.07) is 9.14. The number of hydrogen-bond acceptors (Lipinski definition) is 4. The van der Waals surface area contributed by atoms with Gasteiger partial charge in [-0.1, -0.05) is 17.7 Å². The number of aryl methyl sites for hydroxylation is 1. The molecule has 4 nitrogen and oxygen atoms in total. The van der Waals surface area contributed by atoms with Crippen LogP contribution in [-0.2, 0) is 5.75 Å². The highest BCUT2D eigenvalue weighted by molar-refractivity contribution is 7.98. The standard InChI is InChI=1S/C12H12N2O2S/c1-8-2-4-9(5-3-8)17-7-10-13-11(15)6-12(16)14-10/h2-6H,7H2,1H3,(H2,13,14,15,16). The van der Waals surface area contributed by atoms with E-state index in [0.29, 0.717) is 11.6 Å². The van der Waals surface area contributed by atoms with Crippen molar-refractivity contribution in [1.29, 1.82) is 0 Å². The molecular weight excluding hydrogens is 236 g/mol. The van der Waals surface area contributed by atoms with Gasteiger partial charge in [0.2, 0.25) is 5.88 Å². The van der Waals surface area contributed by atoms with Gasteiger partial charge in [0.15, 0.2) is 0 Å². The van der Waals surface area contributed by atoms with Crippen LogP contribution < -0.4 is 5.56 Å². The van der Waals surface area contributed by atoms with Crippen molar-refractivity contribution in [3.63, 3.8) is 0 Å². The van der Waals surface area contributed by atoms with Crippen LogP contribution in [0.25, 0.3) is 0 Å². The maximum Gasteiger partial charge on any atom is 0.254 e. The van der Waals surface area contributed by atoms with Crippen molar-refractivity contribution in [1.82, 2.24) is 9.97 Å². The van der Waals surface area contributed by atoms with Gasteiger partial charge in [-0.3, -0.25) is 4.79 Å². The van der Waals surface area contributed by atoms with E-state index >= 15 is 0 Å². The van der Waals surface area contributed by atoms with Gasteiger partial charge < -0.3 is 10.1 Å². The summed E-state index contributed by atoms with van der Waals surface area (Å²) in [5, 5.41) is 9.19. The molecule has 1 aromatic carbocycles. The smallest absolute Gasteiger partial charge is 0.254 e. The van der Waals surface area contributed by atoms with Crippen molar-refractivity contribution < 1.29 is 5.11 Å². The van der Waals surface area contributed by atoms with Crippen molar-refractivity contribution in [2.45, 2.75) is 17.6 Å². The van der Waals surface area contributed by atoms with Gasteiger partial charge in [-0.2, -0.15) is 4.98 Å². The molecule has 0 amide bonds. The molecule has 1 heterocycles. The molecule has 0 aliphatic carbocycles. The fourth-order valence-corrected chi connectivity index (χ4v) is 2.12. The van der Waals surface area contributed by atoms with Crippen LogP contribution in [0, 0.1) is 6.92 Å². The number of hydrogen-bond donors (Lipinski definition) is 2. The predicted molar refractivity (Wildman–Crippen MR) is 67.3 cm³/mol. The molecule has 5 heteroatoms. The Morgan fingerprint density at radius 1 is 1.35 bits per heavy atom. The van der Waals surface area contributed by atoms with Crippen molar-refractivity contribution >= 4 is 11.8 Å². The summed E-state index contributed by atoms with van der Waals surface area (Å²) >= 11 is 1.56. The Kier molecular flexibility index (Phi) is 3.49. The summed E-state index contributed by atoms with van der Waals surface area (Å²) in [6.07, 6.45) is 0. The monoisotopic (exact) mass is 248 g/mol. The zero-order chi connectivity index (χ0) is 12.3. The molecule has 0 unspecified atom stereocenters. The minimum atomic E-state index is -0.336. The normalized spacial score (nSPS) is 10.4. The Morgan fingerprint density at radius 3 is 2.71 bits per heavy atom. The number of benzene rings is 1. The van der Waals surface area contributed by atoms with Crippen molar-refractivity contribution in [3.05, 3.63) is 52.1 Å². The molecule has 0 saturated carbocycles. The van der Waals surface area contributed by atoms with Crippen LogP contribution >= 0.6 is 11.8 Å². The fourth-order valence-electron chi connectivity index (χ4n) is 1.35. The lowest BCUT2D eigenvalue weighted by atomic mass is 10.2. The van der Waals surface area contributed by atoms with Gasteiger partial charge in [-0.25, -0.2) is 0 Å². The second-order valence-electron chi connectivity index (χ2n) is 3.65. The Hall–Kier alpha value is -1.75. The molecule has 0 aliphatic heterocycles. The minimum Gasteiger partial charge on any atom is -0.493 e. The van der Waals surface area contributed by atoms with Gasteiger partial charge >= 0.3 is 0 Å². The van der Waals surface area contributed by atoms with Gasteiger partial charge in [0.05, 0.1) is 11.8 Å². The summed E-state index contributed by atoms with van der Waals surface area (Å²) < 4.78 is 0. The second-order valence-corrected chi connectivity index (χ2v) is 4.70. The van der Waals surface area contributed by atoms with E-state index in [1.165, 1.54) is 5.56 Å². The zero-order valence-corrected chi connectivity index (χ0v) is 10.1. The number of H-pyrrole nitrogens is 1. The summed E-state index contributed by atoms with van der Waals surface area (Å²) in [7, 11) is 0. The Bertz CT molecular complexity index is 563. The molecule has 88 valence electrons. The lowest BCUT2D eigenvalue weighted by Gasteiger charge is -2.02. The maximum atomic E-state index is 11.1. The molecule has 0 bridgehead atoms. The molecule has 2 aromatic rings. The van der Waals surface area contributed by atoms with Gasteiger partial charge in [-0.05, 0) is 19.1 Å². The molecule has 0 aliphatic rings. The van der Waals surface area contributed by atoms with Gasteiger partial charge in [-0.15, -0.1) is 11.8 Å². The van der Waals surface area contributed by atoms with Crippen molar-refractivity contribution in [2.24, 2.45) is 0 Å². The summed E-state index contributed by atoms with van der Waals surface area (Å²) in [6.45, 7) is 2.03. The van der Waals surface area contributed by atoms with Gasteiger partial charge in [0.25, 0.3) is 5.56 Å². The first kappa shape index (κ1) is 11.7. The number of aromatic hydroxyl groups is 1. The number of aromatic amines is 1. The van der Waals surface area contributed by atoms with Crippen LogP contribution in [0.1, 0.15) is 11.4 Å². The first-order valence-corrected chi connectivity index (χ1v) is 6.11. The third-order valence-electron chi connectivity index (χ3n) is 2.17. The highest BCUT2D eigenvalue weighted by Crippen LogP contribution is 2.21. The highest BCUT2D eigenvalue weighted by Gasteiger charge is 2.01. The first-order valence-electron chi connectivity index (χ1n) is 5.12. The van der Waals surface area contributed by atoms with Crippen LogP contribution in [-0.4, -0.2) is 15.1 Å². The summed E-state index contributed by atoms with van der Waals surface area (Å²) in [5.74, 6) is 0.751. The van der Waals surface area contributed by atoms with E-state index in [0.717, 1.165) is 11.0 Å². The van der Waals surface area contributed by atoms with Crippen molar-refractivity contribution in [2.75, 3.05) is 0 Å². The molecule has 0 radical (unpaired) electrons. The van der Waals surface area contributed by atoms with E-state index < -0.39 is 0 Å². The average molecular weight is 248 g/mol. The first-order chi connectivity index (χ1) is 8.13. The maximum absolute atomic E-state index is 11.1. The molecule has 17 heavy (non-hydrogen) atoms. The SMILES string of the molecule is Cc1ccc(SCc2nc(O)cc(=O)[nH]2)cc1. The zero-order valence-electron chi connectivity index (χ0n) is 9.30. The van der Waals surface area contributed by atoms with Crippen LogP contribution in [0.2, 0.25) is 0 Å². The number of nitrogens with zero attached hydrogens (tertiary/aromatic N) is 1. The molecule has 1 aromatic heterocycles. The lowest BCUT2D eigenvalue weighted by Crippen LogP contribution is -2.08. The van der Waals surface area contributed by atoms with Crippen LogP contribution in [0.3, 0.4) is 0 Å². The Balaban J connectivity index is 2.07. The average Bonchev–Trinajstić information content (AvgIpc) is 2.27. The van der Waals surface area contributed by atoms with Gasteiger partial charge in [0.1, 0.15) is 5.82 Å². The Labute approximate surface area is 103 Å². The van der Waals surface area contributed by atoms with E-state index in [1.807, 2.05) is 31.2 Å². The summed E-state index contributed by atoms with van der Waals surface area (Å²) in [4.78, 5) is 18.6. The third kappa shape index (κ3) is 3.35. The number of thioether (sulfide) groups is 1. The van der Waals surface area contributed by atoms with Crippen LogP contribution in [0.4, 0.5) is 0 Å². The van der Waals surface area contributed by atoms with E-state index in [-0.39, 0.29) is 11.4 Å². The fraction of sp³-hybridized carbons (Fsp3) is 0.167. The molecule has 0 saturated heterocycles. The third-order valence-corrected chi connectivity index (χ3v) is 3.20. The van der Waals surface area contributed by atoms with E-state index in [2.05, 4.69) is 9.97 Å². The molecule has 0 atom stereocenters.